The van der Waals surface area contributed by atoms with Gasteiger partial charge in [0.25, 0.3) is 0 Å². The van der Waals surface area contributed by atoms with Crippen LogP contribution in [0.2, 0.25) is 15.8 Å². The number of carbonyl (C=O) groups is 2. The Labute approximate surface area is 171 Å². The number of nitrogens with one attached hydrogen (secondary N) is 1. The van der Waals surface area contributed by atoms with Crippen molar-refractivity contribution in [2.24, 2.45) is 0 Å². The predicted octanol–water partition coefficient (Wildman–Crippen LogP) is 3.38. The van der Waals surface area contributed by atoms with E-state index in [1.165, 1.54) is 12.1 Å². The van der Waals surface area contributed by atoms with Gasteiger partial charge in [0.05, 0.1) is 0 Å². The normalized spacial score (nSPS) is 13.0. The SMILES string of the molecule is C=C([C](=O)[Ge]([CH2]C)([CH2]C)[CH2]C)[C@H](NS(=O)(=O)c1ccc(C)cc1)C(=O)OCC. The molecule has 0 spiro atoms. The number of hydrogen-bond donors (Lipinski definition) is 1. The van der Waals surface area contributed by atoms with Crippen LogP contribution in [0.15, 0.2) is 41.3 Å². The average Bonchev–Trinajstić information content (AvgIpc) is 2.67. The molecule has 0 saturated heterocycles. The number of esters is 1. The molecular formula is C20H31GeNO5S. The molecule has 0 saturated carbocycles. The summed E-state index contributed by atoms with van der Waals surface area (Å²) in [6, 6.07) is 4.82. The fraction of sp³-hybridized carbons (Fsp3) is 0.500. The van der Waals surface area contributed by atoms with E-state index >= 15 is 0 Å². The van der Waals surface area contributed by atoms with E-state index in [-0.39, 0.29) is 21.7 Å². The number of hydrogen-bond acceptors (Lipinski definition) is 5. The molecule has 0 unspecified atom stereocenters. The molecule has 0 heterocycles. The number of benzene rings is 1. The first-order valence-corrected chi connectivity index (χ1v) is 16.6. The van der Waals surface area contributed by atoms with Gasteiger partial charge in [-0.15, -0.1) is 0 Å². The number of aryl methyl sites for hydroxylation is 1. The second-order valence-electron chi connectivity index (χ2n) is 6.81. The minimum atomic E-state index is -4.03. The van der Waals surface area contributed by atoms with Crippen LogP contribution in [-0.4, -0.2) is 44.9 Å². The molecule has 1 N–H and O–H groups in total. The van der Waals surface area contributed by atoms with Gasteiger partial charge in [-0.1, -0.05) is 0 Å². The Bertz CT molecular complexity index is 805. The van der Waals surface area contributed by atoms with Crippen LogP contribution in [0.5, 0.6) is 0 Å². The molecule has 1 rings (SSSR count). The fourth-order valence-electron chi connectivity index (χ4n) is 3.13. The van der Waals surface area contributed by atoms with Crippen LogP contribution in [0.4, 0.5) is 0 Å². The van der Waals surface area contributed by atoms with Gasteiger partial charge in [0.2, 0.25) is 0 Å². The zero-order valence-electron chi connectivity index (χ0n) is 17.4. The molecule has 1 aromatic carbocycles. The van der Waals surface area contributed by atoms with Crippen molar-refractivity contribution in [1.82, 2.24) is 4.72 Å². The number of sulfonamides is 1. The minimum absolute atomic E-state index is 0.0142. The molecule has 0 aliphatic carbocycles. The van der Waals surface area contributed by atoms with E-state index in [9.17, 15) is 18.0 Å². The Hall–Kier alpha value is -1.45. The monoisotopic (exact) mass is 471 g/mol. The Morgan fingerprint density at radius 2 is 1.57 bits per heavy atom. The van der Waals surface area contributed by atoms with Gasteiger partial charge in [0, 0.05) is 0 Å². The van der Waals surface area contributed by atoms with Crippen molar-refractivity contribution in [3.05, 3.63) is 42.0 Å². The predicted molar refractivity (Wildman–Crippen MR) is 113 cm³/mol. The van der Waals surface area contributed by atoms with Gasteiger partial charge in [-0.2, -0.15) is 0 Å². The summed E-state index contributed by atoms with van der Waals surface area (Å²) in [5.74, 6) is -0.809. The third kappa shape index (κ3) is 5.55. The Morgan fingerprint density at radius 3 is 2.00 bits per heavy atom. The summed E-state index contributed by atoms with van der Waals surface area (Å²) in [6.07, 6.45) is 0. The maximum absolute atomic E-state index is 13.2. The van der Waals surface area contributed by atoms with Gasteiger partial charge in [-0.3, -0.25) is 0 Å². The van der Waals surface area contributed by atoms with Gasteiger partial charge < -0.3 is 0 Å². The third-order valence-electron chi connectivity index (χ3n) is 5.28. The van der Waals surface area contributed by atoms with Crippen LogP contribution in [-0.2, 0) is 24.3 Å². The summed E-state index contributed by atoms with van der Waals surface area (Å²) in [4.78, 5) is 25.7. The van der Waals surface area contributed by atoms with Crippen molar-refractivity contribution in [1.29, 1.82) is 0 Å². The van der Waals surface area contributed by atoms with Gasteiger partial charge in [0.1, 0.15) is 0 Å². The molecule has 156 valence electrons. The number of rotatable bonds is 11. The van der Waals surface area contributed by atoms with Crippen molar-refractivity contribution in [2.45, 2.75) is 61.3 Å². The van der Waals surface area contributed by atoms with E-state index in [4.69, 9.17) is 4.74 Å². The molecule has 1 atom stereocenters. The number of carbonyl (C=O) groups excluding carboxylic acids is 2. The van der Waals surface area contributed by atoms with Crippen molar-refractivity contribution < 1.29 is 22.7 Å². The zero-order valence-corrected chi connectivity index (χ0v) is 20.3. The van der Waals surface area contributed by atoms with E-state index in [0.29, 0.717) is 0 Å². The topological polar surface area (TPSA) is 89.5 Å². The van der Waals surface area contributed by atoms with Crippen molar-refractivity contribution in [3.63, 3.8) is 0 Å². The summed E-state index contributed by atoms with van der Waals surface area (Å²) in [5, 5.41) is 2.27. The van der Waals surface area contributed by atoms with Crippen molar-refractivity contribution in [3.8, 4) is 0 Å². The molecule has 0 bridgehead atoms. The molecule has 0 aliphatic heterocycles. The van der Waals surface area contributed by atoms with E-state index in [0.717, 1.165) is 21.3 Å². The van der Waals surface area contributed by atoms with E-state index in [2.05, 4.69) is 11.3 Å². The molecule has 0 aromatic heterocycles. The van der Waals surface area contributed by atoms with E-state index in [1.807, 2.05) is 27.7 Å². The van der Waals surface area contributed by atoms with Gasteiger partial charge in [-0.05, 0) is 0 Å². The van der Waals surface area contributed by atoms with Crippen LogP contribution in [0.3, 0.4) is 0 Å². The Morgan fingerprint density at radius 1 is 1.07 bits per heavy atom. The van der Waals surface area contributed by atoms with Gasteiger partial charge >= 0.3 is 171 Å². The van der Waals surface area contributed by atoms with E-state index in [1.54, 1.807) is 19.1 Å². The quantitative estimate of drug-likeness (QED) is 0.305. The van der Waals surface area contributed by atoms with Crippen molar-refractivity contribution >= 4 is 33.9 Å². The molecule has 28 heavy (non-hydrogen) atoms. The zero-order chi connectivity index (χ0) is 21.5. The maximum atomic E-state index is 13.2. The second kappa shape index (κ2) is 10.4. The standard InChI is InChI=1S/C20H31GeNO5S/c1-7-21(8-2,9-3)19(23)16(6)18(20(24)27-10-4)22-28(25,26)17-13-11-15(5)12-14-17/h11-14,18,22H,6-10H2,1-5H3/t18-/m0/s1. The molecule has 8 heteroatoms. The Balaban J connectivity index is 3.29. The van der Waals surface area contributed by atoms with E-state index < -0.39 is 35.3 Å². The molecule has 0 fully saturated rings. The number of ether oxygens (including phenoxy) is 1. The first kappa shape index (κ1) is 24.6. The van der Waals surface area contributed by atoms with Crippen LogP contribution < -0.4 is 4.72 Å². The molecule has 6 nitrogen and oxygen atoms in total. The Kier molecular flexibility index (Phi) is 9.10. The van der Waals surface area contributed by atoms with Crippen molar-refractivity contribution in [2.75, 3.05) is 6.61 Å². The average molecular weight is 470 g/mol. The third-order valence-corrected chi connectivity index (χ3v) is 17.9. The van der Waals surface area contributed by atoms with Crippen LogP contribution >= 0.6 is 0 Å². The molecule has 0 amide bonds. The first-order valence-electron chi connectivity index (χ1n) is 9.57. The fourth-order valence-corrected chi connectivity index (χ4v) is 11.2. The summed E-state index contributed by atoms with van der Waals surface area (Å²) in [6.45, 7) is 13.3. The van der Waals surface area contributed by atoms with Gasteiger partial charge in [0.15, 0.2) is 0 Å². The van der Waals surface area contributed by atoms with Crippen LogP contribution in [0.25, 0.3) is 0 Å². The summed E-state index contributed by atoms with van der Waals surface area (Å²) < 4.78 is 32.8. The summed E-state index contributed by atoms with van der Waals surface area (Å²) >= 11 is -2.94. The molecule has 0 radical (unpaired) electrons. The van der Waals surface area contributed by atoms with Crippen LogP contribution in [0, 0.1) is 6.92 Å². The van der Waals surface area contributed by atoms with Gasteiger partial charge in [-0.25, -0.2) is 0 Å². The van der Waals surface area contributed by atoms with Crippen LogP contribution in [0.1, 0.15) is 33.3 Å². The second-order valence-corrected chi connectivity index (χ2v) is 19.3. The summed E-state index contributed by atoms with van der Waals surface area (Å²) in [5.41, 5.74) is 0.895. The molecular weight excluding hydrogens is 439 g/mol. The molecule has 1 aromatic rings. The first-order chi connectivity index (χ1) is 13.1. The summed E-state index contributed by atoms with van der Waals surface area (Å²) in [7, 11) is -4.03. The molecule has 0 aliphatic rings.